The fourth-order valence-electron chi connectivity index (χ4n) is 3.80. The number of hydrogen-bond donors (Lipinski definition) is 0. The van der Waals surface area contributed by atoms with Crippen LogP contribution in [0.25, 0.3) is 0 Å². The van der Waals surface area contributed by atoms with Crippen LogP contribution in [0.15, 0.2) is 48.9 Å². The number of rotatable bonds is 4. The van der Waals surface area contributed by atoms with Crippen molar-refractivity contribution in [2.24, 2.45) is 0 Å². The van der Waals surface area contributed by atoms with Gasteiger partial charge in [-0.1, -0.05) is 12.1 Å². The minimum atomic E-state index is 0.259. The molecule has 23 heavy (non-hydrogen) atoms. The summed E-state index contributed by atoms with van der Waals surface area (Å²) < 4.78 is 0. The molecule has 2 aromatic heterocycles. The Bertz CT molecular complexity index is 676. The van der Waals surface area contributed by atoms with Crippen LogP contribution >= 0.6 is 0 Å². The van der Waals surface area contributed by atoms with E-state index in [1.165, 1.54) is 0 Å². The molecular formula is C18H20N4O. The lowest BCUT2D eigenvalue weighted by atomic mass is 10.1. The van der Waals surface area contributed by atoms with E-state index in [4.69, 9.17) is 0 Å². The lowest BCUT2D eigenvalue weighted by Crippen LogP contribution is -2.36. The molecule has 0 saturated carbocycles. The summed E-state index contributed by atoms with van der Waals surface area (Å²) in [5.41, 5.74) is 2.18. The minimum Gasteiger partial charge on any atom is -0.334 e. The van der Waals surface area contributed by atoms with Crippen molar-refractivity contribution in [1.29, 1.82) is 0 Å². The van der Waals surface area contributed by atoms with E-state index in [1.807, 2.05) is 41.6 Å². The first-order valence-electron chi connectivity index (χ1n) is 8.13. The average Bonchev–Trinajstić information content (AvgIpc) is 3.10. The fourth-order valence-corrected chi connectivity index (χ4v) is 3.80. The van der Waals surface area contributed by atoms with E-state index in [0.717, 1.165) is 30.8 Å². The quantitative estimate of drug-likeness (QED) is 0.865. The Hall–Kier alpha value is -2.27. The van der Waals surface area contributed by atoms with Crippen LogP contribution < -0.4 is 0 Å². The first-order chi connectivity index (χ1) is 11.3. The normalized spacial score (nSPS) is 24.2. The predicted octanol–water partition coefficient (Wildman–Crippen LogP) is 1.85. The van der Waals surface area contributed by atoms with Crippen LogP contribution in [0, 0.1) is 0 Å². The van der Waals surface area contributed by atoms with Crippen LogP contribution in [0.1, 0.15) is 24.1 Å². The number of aromatic nitrogens is 2. The van der Waals surface area contributed by atoms with Gasteiger partial charge < -0.3 is 4.90 Å². The maximum Gasteiger partial charge on any atom is 0.224 e. The molecule has 118 valence electrons. The summed E-state index contributed by atoms with van der Waals surface area (Å²) in [6.07, 6.45) is 7.11. The minimum absolute atomic E-state index is 0.259. The third-order valence-electron chi connectivity index (χ3n) is 4.90. The van der Waals surface area contributed by atoms with E-state index in [2.05, 4.69) is 20.9 Å². The van der Waals surface area contributed by atoms with E-state index >= 15 is 0 Å². The zero-order valence-corrected chi connectivity index (χ0v) is 13.0. The van der Waals surface area contributed by atoms with Gasteiger partial charge >= 0.3 is 0 Å². The summed E-state index contributed by atoms with van der Waals surface area (Å²) in [5, 5.41) is 0. The Morgan fingerprint density at radius 1 is 1.09 bits per heavy atom. The second-order valence-electron chi connectivity index (χ2n) is 6.30. The highest BCUT2D eigenvalue weighted by Gasteiger charge is 2.46. The maximum absolute atomic E-state index is 12.5. The Labute approximate surface area is 136 Å². The van der Waals surface area contributed by atoms with Gasteiger partial charge in [-0.3, -0.25) is 19.7 Å². The highest BCUT2D eigenvalue weighted by molar-refractivity contribution is 5.80. The molecular weight excluding hydrogens is 288 g/mol. The van der Waals surface area contributed by atoms with E-state index in [0.29, 0.717) is 25.0 Å². The van der Waals surface area contributed by atoms with E-state index in [1.54, 1.807) is 6.20 Å². The molecule has 2 aromatic rings. The monoisotopic (exact) mass is 308 g/mol. The highest BCUT2D eigenvalue weighted by Crippen LogP contribution is 2.34. The molecule has 0 aromatic carbocycles. The topological polar surface area (TPSA) is 49.3 Å². The molecule has 5 nitrogen and oxygen atoms in total. The third-order valence-corrected chi connectivity index (χ3v) is 4.90. The first-order valence-corrected chi connectivity index (χ1v) is 8.13. The number of amides is 1. The van der Waals surface area contributed by atoms with Gasteiger partial charge in [-0.15, -0.1) is 0 Å². The number of likely N-dealkylation sites (tertiary alicyclic amines) is 2. The second-order valence-corrected chi connectivity index (χ2v) is 6.30. The third kappa shape index (κ3) is 2.84. The smallest absolute Gasteiger partial charge is 0.224 e. The van der Waals surface area contributed by atoms with Gasteiger partial charge in [-0.25, -0.2) is 0 Å². The number of pyridine rings is 2. The predicted molar refractivity (Wildman–Crippen MR) is 86.2 cm³/mol. The van der Waals surface area contributed by atoms with Crippen molar-refractivity contribution in [2.45, 2.75) is 38.0 Å². The lowest BCUT2D eigenvalue weighted by molar-refractivity contribution is -0.129. The van der Waals surface area contributed by atoms with E-state index in [-0.39, 0.29) is 5.91 Å². The molecule has 2 aliphatic rings. The Morgan fingerprint density at radius 3 is 2.83 bits per heavy atom. The number of hydrogen-bond acceptors (Lipinski definition) is 4. The molecule has 2 aliphatic heterocycles. The average molecular weight is 308 g/mol. The molecule has 0 aliphatic carbocycles. The largest absolute Gasteiger partial charge is 0.334 e. The molecule has 2 atom stereocenters. The van der Waals surface area contributed by atoms with Gasteiger partial charge in [0, 0.05) is 56.7 Å². The molecule has 0 radical (unpaired) electrons. The van der Waals surface area contributed by atoms with Crippen molar-refractivity contribution in [2.75, 3.05) is 6.54 Å². The van der Waals surface area contributed by atoms with Gasteiger partial charge in [0.2, 0.25) is 5.91 Å². The summed E-state index contributed by atoms with van der Waals surface area (Å²) in [6.45, 7) is 2.53. The van der Waals surface area contributed by atoms with E-state index < -0.39 is 0 Å². The molecule has 5 heteroatoms. The van der Waals surface area contributed by atoms with Crippen molar-refractivity contribution in [3.05, 3.63) is 60.2 Å². The van der Waals surface area contributed by atoms with Crippen molar-refractivity contribution >= 4 is 5.91 Å². The zero-order valence-electron chi connectivity index (χ0n) is 13.0. The van der Waals surface area contributed by atoms with Crippen LogP contribution in [0.4, 0.5) is 0 Å². The first kappa shape index (κ1) is 14.3. The Balaban J connectivity index is 1.47. The Kier molecular flexibility index (Phi) is 3.79. The molecule has 0 bridgehead atoms. The van der Waals surface area contributed by atoms with Gasteiger partial charge in [-0.05, 0) is 30.2 Å². The van der Waals surface area contributed by atoms with Crippen LogP contribution in [0.5, 0.6) is 0 Å². The molecule has 0 N–H and O–H groups in total. The molecule has 2 saturated heterocycles. The van der Waals surface area contributed by atoms with Crippen molar-refractivity contribution in [1.82, 2.24) is 19.8 Å². The molecule has 1 amide bonds. The summed E-state index contributed by atoms with van der Waals surface area (Å²) in [6, 6.07) is 10.6. The van der Waals surface area contributed by atoms with Crippen molar-refractivity contribution in [3.63, 3.8) is 0 Å². The van der Waals surface area contributed by atoms with Crippen molar-refractivity contribution < 1.29 is 4.79 Å². The molecule has 4 rings (SSSR count). The summed E-state index contributed by atoms with van der Waals surface area (Å²) in [5.74, 6) is 0.259. The SMILES string of the molecule is O=C1C[C@H]2[C@@H](CCN2Cc2ccccn2)N1Cc1cccnc1. The number of carbonyl (C=O) groups is 1. The van der Waals surface area contributed by atoms with Crippen LogP contribution in [-0.4, -0.2) is 44.3 Å². The number of fused-ring (bicyclic) bond motifs is 1. The van der Waals surface area contributed by atoms with Gasteiger partial charge in [0.1, 0.15) is 0 Å². The van der Waals surface area contributed by atoms with Crippen LogP contribution in [-0.2, 0) is 17.9 Å². The highest BCUT2D eigenvalue weighted by atomic mass is 16.2. The molecule has 2 fully saturated rings. The number of nitrogens with zero attached hydrogens (tertiary/aromatic N) is 4. The van der Waals surface area contributed by atoms with Crippen molar-refractivity contribution in [3.8, 4) is 0 Å². The van der Waals surface area contributed by atoms with Crippen LogP contribution in [0.2, 0.25) is 0 Å². The summed E-state index contributed by atoms with van der Waals surface area (Å²) >= 11 is 0. The second kappa shape index (κ2) is 6.08. The standard InChI is InChI=1S/C18H20N4O/c23-18-10-17-16(22(18)12-14-4-3-7-19-11-14)6-9-21(17)13-15-5-1-2-8-20-15/h1-5,7-8,11,16-17H,6,9-10,12-13H2/t16-,17+/m1/s1. The molecule has 4 heterocycles. The summed E-state index contributed by atoms with van der Waals surface area (Å²) in [7, 11) is 0. The van der Waals surface area contributed by atoms with Crippen LogP contribution in [0.3, 0.4) is 0 Å². The van der Waals surface area contributed by atoms with Gasteiger partial charge in [-0.2, -0.15) is 0 Å². The fraction of sp³-hybridized carbons (Fsp3) is 0.389. The van der Waals surface area contributed by atoms with E-state index in [9.17, 15) is 4.79 Å². The van der Waals surface area contributed by atoms with Gasteiger partial charge in [0.25, 0.3) is 0 Å². The molecule has 0 spiro atoms. The number of carbonyl (C=O) groups excluding carboxylic acids is 1. The lowest BCUT2D eigenvalue weighted by Gasteiger charge is -2.25. The Morgan fingerprint density at radius 2 is 2.04 bits per heavy atom. The van der Waals surface area contributed by atoms with Gasteiger partial charge in [0.05, 0.1) is 5.69 Å². The molecule has 0 unspecified atom stereocenters. The van der Waals surface area contributed by atoms with Gasteiger partial charge in [0.15, 0.2) is 0 Å². The summed E-state index contributed by atoms with van der Waals surface area (Å²) in [4.78, 5) is 25.5. The maximum atomic E-state index is 12.5. The zero-order chi connectivity index (χ0) is 15.6.